The summed E-state index contributed by atoms with van der Waals surface area (Å²) in [4.78, 5) is 23.5. The maximum atomic E-state index is 11.9. The molecule has 0 unspecified atom stereocenters. The highest BCUT2D eigenvalue weighted by Crippen LogP contribution is 2.17. The van der Waals surface area contributed by atoms with E-state index in [-0.39, 0.29) is 11.6 Å². The van der Waals surface area contributed by atoms with Gasteiger partial charge in [0.25, 0.3) is 5.91 Å². The van der Waals surface area contributed by atoms with Gasteiger partial charge in [-0.1, -0.05) is 30.3 Å². The predicted molar refractivity (Wildman–Crippen MR) is 77.6 cm³/mol. The number of benzene rings is 1. The normalized spacial score (nSPS) is 11.7. The van der Waals surface area contributed by atoms with Gasteiger partial charge >= 0.3 is 5.97 Å². The molecule has 0 spiro atoms. The second-order valence-corrected chi connectivity index (χ2v) is 4.48. The summed E-state index contributed by atoms with van der Waals surface area (Å²) in [6.07, 6.45) is -0.846. The molecule has 110 valence electrons. The summed E-state index contributed by atoms with van der Waals surface area (Å²) in [7, 11) is 0. The number of nitrogens with zero attached hydrogens (tertiary/aromatic N) is 1. The minimum Gasteiger partial charge on any atom is -0.448 e. The molecule has 0 fully saturated rings. The Bertz CT molecular complexity index is 622. The summed E-state index contributed by atoms with van der Waals surface area (Å²) in [5, 5.41) is 9.28. The van der Waals surface area contributed by atoms with Crippen molar-refractivity contribution in [3.05, 3.63) is 42.1 Å². The van der Waals surface area contributed by atoms with Gasteiger partial charge in [0, 0.05) is 12.1 Å². The lowest BCUT2D eigenvalue weighted by Crippen LogP contribution is -2.35. The fourth-order valence-electron chi connectivity index (χ4n) is 1.78. The van der Waals surface area contributed by atoms with Gasteiger partial charge in [-0.15, -0.1) is 0 Å². The lowest BCUT2D eigenvalue weighted by atomic mass is 10.1. The Labute approximate surface area is 122 Å². The van der Waals surface area contributed by atoms with Crippen LogP contribution in [0.3, 0.4) is 0 Å². The lowest BCUT2D eigenvalue weighted by Gasteiger charge is -2.11. The van der Waals surface area contributed by atoms with Crippen molar-refractivity contribution in [2.24, 2.45) is 0 Å². The highest BCUT2D eigenvalue weighted by molar-refractivity contribution is 5.91. The maximum Gasteiger partial charge on any atom is 0.357 e. The smallest absolute Gasteiger partial charge is 0.357 e. The molecule has 0 aliphatic rings. The molecule has 0 radical (unpaired) electrons. The summed E-state index contributed by atoms with van der Waals surface area (Å²) in [5.41, 5.74) is 1.75. The number of amides is 1. The van der Waals surface area contributed by atoms with Gasteiger partial charge < -0.3 is 10.1 Å². The molecule has 1 atom stereocenters. The van der Waals surface area contributed by atoms with E-state index in [1.54, 1.807) is 13.0 Å². The molecule has 1 amide bonds. The number of nitrogens with one attached hydrogen (secondary N) is 2. The number of likely N-dealkylation sites (N-methyl/N-ethyl adjacent to an activating group) is 1. The molecule has 1 heterocycles. The molecule has 1 aromatic heterocycles. The summed E-state index contributed by atoms with van der Waals surface area (Å²) < 4.78 is 5.08. The molecule has 21 heavy (non-hydrogen) atoms. The van der Waals surface area contributed by atoms with Crippen LogP contribution in [0.25, 0.3) is 11.3 Å². The fourth-order valence-corrected chi connectivity index (χ4v) is 1.78. The Kier molecular flexibility index (Phi) is 4.71. The Hall–Kier alpha value is -2.63. The number of aromatic amines is 1. The minimum atomic E-state index is -0.846. The number of carbonyl (C=O) groups is 2. The van der Waals surface area contributed by atoms with E-state index in [1.165, 1.54) is 6.92 Å². The van der Waals surface area contributed by atoms with Gasteiger partial charge in [0.1, 0.15) is 5.69 Å². The second-order valence-electron chi connectivity index (χ2n) is 4.48. The second kappa shape index (κ2) is 6.69. The molecule has 0 saturated carbocycles. The Morgan fingerprint density at radius 2 is 2.05 bits per heavy atom. The average Bonchev–Trinajstić information content (AvgIpc) is 2.98. The van der Waals surface area contributed by atoms with E-state index in [1.807, 2.05) is 30.3 Å². The quantitative estimate of drug-likeness (QED) is 0.821. The van der Waals surface area contributed by atoms with Crippen molar-refractivity contribution < 1.29 is 14.3 Å². The zero-order valence-electron chi connectivity index (χ0n) is 11.9. The first-order valence-corrected chi connectivity index (χ1v) is 6.71. The zero-order valence-corrected chi connectivity index (χ0v) is 11.9. The van der Waals surface area contributed by atoms with Crippen LogP contribution in [0.5, 0.6) is 0 Å². The average molecular weight is 287 g/mol. The van der Waals surface area contributed by atoms with Crippen LogP contribution in [-0.2, 0) is 9.53 Å². The summed E-state index contributed by atoms with van der Waals surface area (Å²) in [6.45, 7) is 3.81. The zero-order chi connectivity index (χ0) is 15.2. The Balaban J connectivity index is 2.04. The van der Waals surface area contributed by atoms with E-state index in [9.17, 15) is 9.59 Å². The highest BCUT2D eigenvalue weighted by Gasteiger charge is 2.19. The van der Waals surface area contributed by atoms with Crippen LogP contribution in [0, 0.1) is 0 Å². The van der Waals surface area contributed by atoms with E-state index in [0.717, 1.165) is 5.56 Å². The van der Waals surface area contributed by atoms with Crippen LogP contribution in [0.2, 0.25) is 0 Å². The SMILES string of the molecule is CCNC(=O)[C@@H](C)OC(=O)c1cc(-c2ccccc2)n[nH]1. The van der Waals surface area contributed by atoms with Crippen molar-refractivity contribution in [2.45, 2.75) is 20.0 Å². The number of esters is 1. The van der Waals surface area contributed by atoms with E-state index in [0.29, 0.717) is 12.2 Å². The van der Waals surface area contributed by atoms with Crippen molar-refractivity contribution in [1.82, 2.24) is 15.5 Å². The molecule has 2 N–H and O–H groups in total. The molecule has 6 heteroatoms. The molecule has 0 saturated heterocycles. The van der Waals surface area contributed by atoms with Crippen LogP contribution in [0.4, 0.5) is 0 Å². The van der Waals surface area contributed by atoms with Crippen molar-refractivity contribution >= 4 is 11.9 Å². The van der Waals surface area contributed by atoms with Gasteiger partial charge in [0.05, 0.1) is 5.69 Å². The minimum absolute atomic E-state index is 0.213. The molecule has 2 aromatic rings. The number of hydrogen-bond donors (Lipinski definition) is 2. The van der Waals surface area contributed by atoms with Crippen LogP contribution < -0.4 is 5.32 Å². The summed E-state index contributed by atoms with van der Waals surface area (Å²) in [5.74, 6) is -0.933. The predicted octanol–water partition coefficient (Wildman–Crippen LogP) is 1.76. The van der Waals surface area contributed by atoms with Gasteiger partial charge in [0.2, 0.25) is 0 Å². The largest absolute Gasteiger partial charge is 0.448 e. The van der Waals surface area contributed by atoms with E-state index in [2.05, 4.69) is 15.5 Å². The third-order valence-corrected chi connectivity index (χ3v) is 2.87. The van der Waals surface area contributed by atoms with Gasteiger partial charge in [-0.2, -0.15) is 5.10 Å². The molecule has 1 aromatic carbocycles. The molecular formula is C15H17N3O3. The number of hydrogen-bond acceptors (Lipinski definition) is 4. The van der Waals surface area contributed by atoms with Gasteiger partial charge in [0.15, 0.2) is 6.10 Å². The molecular weight excluding hydrogens is 270 g/mol. The Morgan fingerprint density at radius 1 is 1.33 bits per heavy atom. The van der Waals surface area contributed by atoms with Crippen LogP contribution >= 0.6 is 0 Å². The third kappa shape index (κ3) is 3.68. The maximum absolute atomic E-state index is 11.9. The monoisotopic (exact) mass is 287 g/mol. The van der Waals surface area contributed by atoms with Crippen LogP contribution in [-0.4, -0.2) is 34.7 Å². The molecule has 6 nitrogen and oxygen atoms in total. The first kappa shape index (κ1) is 14.8. The number of carbonyl (C=O) groups excluding carboxylic acids is 2. The summed E-state index contributed by atoms with van der Waals surface area (Å²) >= 11 is 0. The van der Waals surface area contributed by atoms with Crippen molar-refractivity contribution in [3.63, 3.8) is 0 Å². The standard InChI is InChI=1S/C15H17N3O3/c1-3-16-14(19)10(2)21-15(20)13-9-12(17-18-13)11-7-5-4-6-8-11/h4-10H,3H2,1-2H3,(H,16,19)(H,17,18)/t10-/m1/s1. The number of H-pyrrole nitrogens is 1. The fraction of sp³-hybridized carbons (Fsp3) is 0.267. The molecule has 0 aliphatic heterocycles. The summed E-state index contributed by atoms with van der Waals surface area (Å²) in [6, 6.07) is 11.1. The Morgan fingerprint density at radius 3 is 2.71 bits per heavy atom. The molecule has 0 bridgehead atoms. The number of rotatable bonds is 5. The highest BCUT2D eigenvalue weighted by atomic mass is 16.5. The van der Waals surface area contributed by atoms with Gasteiger partial charge in [-0.3, -0.25) is 9.89 Å². The van der Waals surface area contributed by atoms with Crippen LogP contribution in [0.1, 0.15) is 24.3 Å². The lowest BCUT2D eigenvalue weighted by molar-refractivity contribution is -0.128. The first-order chi connectivity index (χ1) is 10.1. The van der Waals surface area contributed by atoms with E-state index < -0.39 is 12.1 Å². The van der Waals surface area contributed by atoms with Gasteiger partial charge in [-0.25, -0.2) is 4.79 Å². The van der Waals surface area contributed by atoms with E-state index >= 15 is 0 Å². The van der Waals surface area contributed by atoms with Crippen molar-refractivity contribution in [2.75, 3.05) is 6.54 Å². The van der Waals surface area contributed by atoms with E-state index in [4.69, 9.17) is 4.74 Å². The third-order valence-electron chi connectivity index (χ3n) is 2.87. The number of aromatic nitrogens is 2. The van der Waals surface area contributed by atoms with Crippen molar-refractivity contribution in [3.8, 4) is 11.3 Å². The van der Waals surface area contributed by atoms with Crippen molar-refractivity contribution in [1.29, 1.82) is 0 Å². The topological polar surface area (TPSA) is 84.1 Å². The van der Waals surface area contributed by atoms with Gasteiger partial charge in [-0.05, 0) is 19.9 Å². The molecule has 0 aliphatic carbocycles. The number of ether oxygens (including phenoxy) is 1. The molecule has 2 rings (SSSR count). The van der Waals surface area contributed by atoms with Crippen LogP contribution in [0.15, 0.2) is 36.4 Å². The first-order valence-electron chi connectivity index (χ1n) is 6.71.